The molecule has 0 heterocycles. The zero-order valence-corrected chi connectivity index (χ0v) is 12.9. The summed E-state index contributed by atoms with van der Waals surface area (Å²) >= 11 is 0. The van der Waals surface area contributed by atoms with E-state index < -0.39 is 30.1 Å². The molecule has 122 valence electrons. The molecule has 1 amide bonds. The molecule has 6 heteroatoms. The molecule has 0 aliphatic heterocycles. The third kappa shape index (κ3) is 5.13. The summed E-state index contributed by atoms with van der Waals surface area (Å²) in [5, 5.41) is 21.5. The summed E-state index contributed by atoms with van der Waals surface area (Å²) in [6, 6.07) is 7.43. The van der Waals surface area contributed by atoms with Crippen LogP contribution in [-0.2, 0) is 16.0 Å². The highest BCUT2D eigenvalue weighted by Gasteiger charge is 2.30. The van der Waals surface area contributed by atoms with Crippen molar-refractivity contribution >= 4 is 11.9 Å². The minimum absolute atomic E-state index is 0.237. The summed E-state index contributed by atoms with van der Waals surface area (Å²) in [6.07, 6.45) is -0.522. The second kappa shape index (κ2) is 8.51. The largest absolute Gasteiger partial charge is 0.480 e. The Balaban J connectivity index is 2.65. The van der Waals surface area contributed by atoms with Crippen molar-refractivity contribution in [3.8, 4) is 0 Å². The van der Waals surface area contributed by atoms with Crippen molar-refractivity contribution in [3.05, 3.63) is 35.9 Å². The Bertz CT molecular complexity index is 492. The highest BCUT2D eigenvalue weighted by atomic mass is 16.4. The maximum Gasteiger partial charge on any atom is 0.326 e. The van der Waals surface area contributed by atoms with Crippen LogP contribution in [0.25, 0.3) is 0 Å². The van der Waals surface area contributed by atoms with Crippen molar-refractivity contribution in [2.45, 2.75) is 44.9 Å². The van der Waals surface area contributed by atoms with Crippen LogP contribution in [0.4, 0.5) is 0 Å². The highest BCUT2D eigenvalue weighted by molar-refractivity contribution is 5.86. The summed E-state index contributed by atoms with van der Waals surface area (Å²) in [5.74, 6) is -2.11. The Morgan fingerprint density at radius 3 is 2.36 bits per heavy atom. The third-order valence-corrected chi connectivity index (χ3v) is 3.77. The smallest absolute Gasteiger partial charge is 0.326 e. The summed E-state index contributed by atoms with van der Waals surface area (Å²) in [4.78, 5) is 23.2. The topological polar surface area (TPSA) is 113 Å². The van der Waals surface area contributed by atoms with Crippen LogP contribution in [0.2, 0.25) is 0 Å². The summed E-state index contributed by atoms with van der Waals surface area (Å²) < 4.78 is 0. The minimum atomic E-state index is -1.45. The van der Waals surface area contributed by atoms with Crippen LogP contribution >= 0.6 is 0 Å². The van der Waals surface area contributed by atoms with Gasteiger partial charge in [-0.25, -0.2) is 4.79 Å². The van der Waals surface area contributed by atoms with Crippen LogP contribution in [0.3, 0.4) is 0 Å². The van der Waals surface area contributed by atoms with E-state index in [1.807, 2.05) is 37.3 Å². The van der Waals surface area contributed by atoms with E-state index in [4.69, 9.17) is 10.8 Å². The maximum atomic E-state index is 12.0. The number of rotatable bonds is 8. The fourth-order valence-corrected chi connectivity index (χ4v) is 2.11. The van der Waals surface area contributed by atoms with Crippen LogP contribution in [0.1, 0.15) is 25.8 Å². The minimum Gasteiger partial charge on any atom is -0.480 e. The zero-order chi connectivity index (χ0) is 16.7. The SMILES string of the molecule is CC[C@@H](C)[C@H](NC(=O)C(O)C(N)Cc1ccccc1)C(=O)O. The number of aliphatic hydroxyl groups excluding tert-OH is 1. The molecule has 0 bridgehead atoms. The molecule has 0 fully saturated rings. The van der Waals surface area contributed by atoms with Gasteiger partial charge in [-0.2, -0.15) is 0 Å². The van der Waals surface area contributed by atoms with E-state index in [0.717, 1.165) is 5.56 Å². The van der Waals surface area contributed by atoms with E-state index in [1.54, 1.807) is 6.92 Å². The molecule has 22 heavy (non-hydrogen) atoms. The molecular weight excluding hydrogens is 284 g/mol. The number of benzene rings is 1. The average molecular weight is 308 g/mol. The van der Waals surface area contributed by atoms with Gasteiger partial charge in [-0.3, -0.25) is 4.79 Å². The van der Waals surface area contributed by atoms with Gasteiger partial charge < -0.3 is 21.3 Å². The van der Waals surface area contributed by atoms with Crippen LogP contribution in [-0.4, -0.2) is 40.3 Å². The van der Waals surface area contributed by atoms with Crippen molar-refractivity contribution in [1.82, 2.24) is 5.32 Å². The highest BCUT2D eigenvalue weighted by Crippen LogP contribution is 2.09. The number of nitrogens with two attached hydrogens (primary N) is 1. The van der Waals surface area contributed by atoms with Gasteiger partial charge in [0.15, 0.2) is 0 Å². The van der Waals surface area contributed by atoms with Crippen LogP contribution < -0.4 is 11.1 Å². The van der Waals surface area contributed by atoms with Crippen molar-refractivity contribution in [3.63, 3.8) is 0 Å². The predicted molar refractivity (Wildman–Crippen MR) is 83.1 cm³/mol. The lowest BCUT2D eigenvalue weighted by Gasteiger charge is -2.24. The lowest BCUT2D eigenvalue weighted by Crippen LogP contribution is -2.53. The molecule has 0 saturated heterocycles. The molecule has 0 saturated carbocycles. The maximum absolute atomic E-state index is 12.0. The molecular formula is C16H24N2O4. The molecule has 1 rings (SSSR count). The number of hydrogen-bond donors (Lipinski definition) is 4. The monoisotopic (exact) mass is 308 g/mol. The molecule has 0 aliphatic rings. The number of carbonyl (C=O) groups is 2. The van der Waals surface area contributed by atoms with Crippen molar-refractivity contribution in [1.29, 1.82) is 0 Å². The molecule has 0 spiro atoms. The van der Waals surface area contributed by atoms with E-state index in [9.17, 15) is 14.7 Å². The van der Waals surface area contributed by atoms with Gasteiger partial charge in [0.2, 0.25) is 0 Å². The van der Waals surface area contributed by atoms with Gasteiger partial charge in [0.1, 0.15) is 12.1 Å². The molecule has 0 radical (unpaired) electrons. The molecule has 6 nitrogen and oxygen atoms in total. The van der Waals surface area contributed by atoms with Crippen molar-refractivity contribution < 1.29 is 19.8 Å². The van der Waals surface area contributed by atoms with E-state index in [0.29, 0.717) is 12.8 Å². The summed E-state index contributed by atoms with van der Waals surface area (Å²) in [6.45, 7) is 3.57. The number of aliphatic carboxylic acids is 1. The van der Waals surface area contributed by atoms with E-state index in [-0.39, 0.29) is 5.92 Å². The van der Waals surface area contributed by atoms with Crippen LogP contribution in [0.5, 0.6) is 0 Å². The number of aliphatic hydroxyl groups is 1. The zero-order valence-electron chi connectivity index (χ0n) is 12.9. The number of carbonyl (C=O) groups excluding carboxylic acids is 1. The third-order valence-electron chi connectivity index (χ3n) is 3.77. The molecule has 0 aliphatic carbocycles. The van der Waals surface area contributed by atoms with Gasteiger partial charge in [-0.1, -0.05) is 50.6 Å². The molecule has 1 aromatic rings. The quantitative estimate of drug-likeness (QED) is 0.559. The lowest BCUT2D eigenvalue weighted by atomic mass is 9.97. The average Bonchev–Trinajstić information content (AvgIpc) is 2.51. The number of hydrogen-bond acceptors (Lipinski definition) is 4. The van der Waals surface area contributed by atoms with Gasteiger partial charge in [0, 0.05) is 6.04 Å². The Labute approximate surface area is 130 Å². The fourth-order valence-electron chi connectivity index (χ4n) is 2.11. The summed E-state index contributed by atoms with van der Waals surface area (Å²) in [5.41, 5.74) is 6.75. The van der Waals surface area contributed by atoms with Crippen LogP contribution in [0, 0.1) is 5.92 Å². The van der Waals surface area contributed by atoms with Crippen LogP contribution in [0.15, 0.2) is 30.3 Å². The van der Waals surface area contributed by atoms with Gasteiger partial charge in [0.05, 0.1) is 0 Å². The fraction of sp³-hybridized carbons (Fsp3) is 0.500. The van der Waals surface area contributed by atoms with E-state index in [2.05, 4.69) is 5.32 Å². The number of carboxylic acids is 1. The molecule has 1 aromatic carbocycles. The lowest BCUT2D eigenvalue weighted by molar-refractivity contribution is -0.145. The van der Waals surface area contributed by atoms with E-state index in [1.165, 1.54) is 0 Å². The first-order chi connectivity index (χ1) is 10.4. The van der Waals surface area contributed by atoms with Gasteiger partial charge in [-0.05, 0) is 17.9 Å². The van der Waals surface area contributed by atoms with Crippen molar-refractivity contribution in [2.24, 2.45) is 11.7 Å². The Kier molecular flexibility index (Phi) is 7.01. The Hall–Kier alpha value is -1.92. The molecule has 5 N–H and O–H groups in total. The second-order valence-electron chi connectivity index (χ2n) is 5.51. The number of amides is 1. The first-order valence-electron chi connectivity index (χ1n) is 7.37. The Morgan fingerprint density at radius 2 is 1.86 bits per heavy atom. The van der Waals surface area contributed by atoms with Gasteiger partial charge in [0.25, 0.3) is 5.91 Å². The predicted octanol–water partition coefficient (Wildman–Crippen LogP) is 0.533. The first-order valence-corrected chi connectivity index (χ1v) is 7.37. The molecule has 0 aromatic heterocycles. The number of nitrogens with one attached hydrogen (secondary N) is 1. The second-order valence-corrected chi connectivity index (χ2v) is 5.51. The van der Waals surface area contributed by atoms with Crippen molar-refractivity contribution in [2.75, 3.05) is 0 Å². The first kappa shape index (κ1) is 18.1. The Morgan fingerprint density at radius 1 is 1.27 bits per heavy atom. The number of carboxylic acid groups (broad SMARTS) is 1. The standard InChI is InChI=1S/C16H24N2O4/c1-3-10(2)13(16(21)22)18-15(20)14(19)12(17)9-11-7-5-4-6-8-11/h4-8,10,12-14,19H,3,9,17H2,1-2H3,(H,18,20)(H,21,22)/t10-,12?,13+,14?/m1/s1. The van der Waals surface area contributed by atoms with Gasteiger partial charge >= 0.3 is 5.97 Å². The van der Waals surface area contributed by atoms with Gasteiger partial charge in [-0.15, -0.1) is 0 Å². The molecule has 4 atom stereocenters. The normalized spacial score (nSPS) is 16.4. The molecule has 2 unspecified atom stereocenters. The van der Waals surface area contributed by atoms with E-state index >= 15 is 0 Å². The summed E-state index contributed by atoms with van der Waals surface area (Å²) in [7, 11) is 0.